The summed E-state index contributed by atoms with van der Waals surface area (Å²) < 4.78 is 16.6. The first-order chi connectivity index (χ1) is 17.3. The zero-order valence-electron chi connectivity index (χ0n) is 20.5. The fraction of sp³-hybridized carbons (Fsp3) is 0.308. The lowest BCUT2D eigenvalue weighted by molar-refractivity contribution is -0.385. The monoisotopic (exact) mass is 490 g/mol. The van der Waals surface area contributed by atoms with Crippen molar-refractivity contribution in [1.29, 1.82) is 0 Å². The highest BCUT2D eigenvalue weighted by Gasteiger charge is 2.34. The molecule has 10 heteroatoms. The van der Waals surface area contributed by atoms with Crippen LogP contribution in [0.25, 0.3) is 22.2 Å². The van der Waals surface area contributed by atoms with Crippen LogP contribution in [0.5, 0.6) is 5.75 Å². The molecule has 0 saturated heterocycles. The number of hydrogen-bond acceptors (Lipinski definition) is 6. The second-order valence-electron chi connectivity index (χ2n) is 8.79. The van der Waals surface area contributed by atoms with E-state index in [9.17, 15) is 19.7 Å². The summed E-state index contributed by atoms with van der Waals surface area (Å²) in [6.45, 7) is 4.78. The van der Waals surface area contributed by atoms with Crippen molar-refractivity contribution in [3.8, 4) is 17.0 Å². The fourth-order valence-electron chi connectivity index (χ4n) is 5.05. The maximum atomic E-state index is 13.5. The first-order valence-corrected chi connectivity index (χ1v) is 11.7. The molecule has 36 heavy (non-hydrogen) atoms. The van der Waals surface area contributed by atoms with E-state index in [4.69, 9.17) is 9.47 Å². The van der Waals surface area contributed by atoms with Crippen LogP contribution in [0.15, 0.2) is 52.1 Å². The highest BCUT2D eigenvalue weighted by Crippen LogP contribution is 2.43. The van der Waals surface area contributed by atoms with E-state index in [1.165, 1.54) is 17.7 Å². The highest BCUT2D eigenvalue weighted by atomic mass is 16.6. The lowest BCUT2D eigenvalue weighted by atomic mass is 10.0. The van der Waals surface area contributed by atoms with Gasteiger partial charge in [0.25, 0.3) is 11.2 Å². The van der Waals surface area contributed by atoms with Gasteiger partial charge in [0.15, 0.2) is 0 Å². The van der Waals surface area contributed by atoms with Crippen LogP contribution in [0.3, 0.4) is 0 Å². The number of nitro groups is 1. The molecule has 0 spiro atoms. The number of hydrogen-bond donors (Lipinski definition) is 0. The van der Waals surface area contributed by atoms with E-state index in [2.05, 4.69) is 0 Å². The molecule has 0 unspecified atom stereocenters. The Morgan fingerprint density at radius 1 is 1.14 bits per heavy atom. The van der Waals surface area contributed by atoms with Crippen molar-refractivity contribution in [2.45, 2.75) is 26.5 Å². The minimum Gasteiger partial charge on any atom is -0.493 e. The second kappa shape index (κ2) is 8.80. The van der Waals surface area contributed by atoms with E-state index in [1.54, 1.807) is 26.1 Å². The normalized spacial score (nSPS) is 15.2. The predicted octanol–water partition coefficient (Wildman–Crippen LogP) is 3.44. The molecule has 5 rings (SSSR count). The molecule has 0 fully saturated rings. The van der Waals surface area contributed by atoms with Crippen molar-refractivity contribution in [2.75, 3.05) is 13.2 Å². The summed E-state index contributed by atoms with van der Waals surface area (Å²) in [4.78, 5) is 37.8. The molecule has 2 aromatic carbocycles. The van der Waals surface area contributed by atoms with Crippen LogP contribution in [0.2, 0.25) is 0 Å². The number of benzene rings is 2. The molecular formula is C26H26N4O6. The summed E-state index contributed by atoms with van der Waals surface area (Å²) in [5.41, 5.74) is 2.45. The number of fused-ring (bicyclic) bond motifs is 3. The van der Waals surface area contributed by atoms with Gasteiger partial charge in [-0.05, 0) is 19.9 Å². The molecule has 1 atom stereocenters. The molecule has 0 radical (unpaired) electrons. The molecule has 0 N–H and O–H groups in total. The minimum absolute atomic E-state index is 0.0388. The van der Waals surface area contributed by atoms with Crippen LogP contribution < -0.4 is 16.0 Å². The number of nitro benzene ring substituents is 1. The third-order valence-corrected chi connectivity index (χ3v) is 6.73. The number of rotatable bonds is 5. The first kappa shape index (κ1) is 23.6. The Morgan fingerprint density at radius 3 is 2.61 bits per heavy atom. The maximum absolute atomic E-state index is 13.5. The summed E-state index contributed by atoms with van der Waals surface area (Å²) in [6.07, 6.45) is -0.615. The summed E-state index contributed by atoms with van der Waals surface area (Å²) in [5.74, 6) is 0.647. The van der Waals surface area contributed by atoms with Gasteiger partial charge in [0.2, 0.25) is 0 Å². The number of para-hydroxylation sites is 1. The smallest absolute Gasteiger partial charge is 0.331 e. The first-order valence-electron chi connectivity index (χ1n) is 11.7. The maximum Gasteiger partial charge on any atom is 0.331 e. The summed E-state index contributed by atoms with van der Waals surface area (Å²) in [6, 6.07) is 12.4. The van der Waals surface area contributed by atoms with Crippen LogP contribution in [0.1, 0.15) is 29.8 Å². The standard InChI is InChI=1S/C26H26N4O6/c1-5-35-19-9-7-6-8-17(19)24-23-22-20(25(31)28(4)26(32)27(22)3)21(29(23)12-13-36-24)16-11-10-15(2)18(14-16)30(33)34/h6-11,14,24H,5,12-13H2,1-4H3/t24-/m0/s1. The summed E-state index contributed by atoms with van der Waals surface area (Å²) >= 11 is 0. The lowest BCUT2D eigenvalue weighted by Crippen LogP contribution is -2.37. The molecule has 1 aliphatic heterocycles. The molecule has 0 bridgehead atoms. The molecular weight excluding hydrogens is 464 g/mol. The third-order valence-electron chi connectivity index (χ3n) is 6.73. The fourth-order valence-corrected chi connectivity index (χ4v) is 5.05. The molecule has 0 amide bonds. The average molecular weight is 491 g/mol. The van der Waals surface area contributed by atoms with Gasteiger partial charge in [0.1, 0.15) is 11.9 Å². The quantitative estimate of drug-likeness (QED) is 0.313. The Morgan fingerprint density at radius 2 is 1.89 bits per heavy atom. The largest absolute Gasteiger partial charge is 0.493 e. The zero-order valence-corrected chi connectivity index (χ0v) is 20.5. The van der Waals surface area contributed by atoms with Gasteiger partial charge >= 0.3 is 5.69 Å². The molecule has 3 heterocycles. The Kier molecular flexibility index (Phi) is 5.76. The number of nitrogens with zero attached hydrogens (tertiary/aromatic N) is 4. The zero-order chi connectivity index (χ0) is 25.7. The van der Waals surface area contributed by atoms with E-state index in [1.807, 2.05) is 35.8 Å². The average Bonchev–Trinajstić information content (AvgIpc) is 3.22. The molecule has 186 valence electrons. The summed E-state index contributed by atoms with van der Waals surface area (Å²) in [5, 5.41) is 12.0. The van der Waals surface area contributed by atoms with Gasteiger partial charge in [0, 0.05) is 43.4 Å². The molecule has 0 aliphatic carbocycles. The Bertz CT molecular complexity index is 1650. The Hall–Kier alpha value is -4.18. The van der Waals surface area contributed by atoms with Crippen molar-refractivity contribution < 1.29 is 14.4 Å². The van der Waals surface area contributed by atoms with Crippen molar-refractivity contribution in [3.05, 3.63) is 90.2 Å². The number of ether oxygens (including phenoxy) is 2. The van der Waals surface area contributed by atoms with Gasteiger partial charge in [0.05, 0.1) is 40.4 Å². The van der Waals surface area contributed by atoms with Crippen molar-refractivity contribution >= 4 is 16.6 Å². The SMILES string of the molecule is CCOc1ccccc1[C@@H]1OCCn2c(-c3ccc(C)c([N+](=O)[O-])c3)c3c(=O)n(C)c(=O)n(C)c3c21. The van der Waals surface area contributed by atoms with Crippen LogP contribution in [-0.2, 0) is 25.4 Å². The molecule has 1 aliphatic rings. The van der Waals surface area contributed by atoms with E-state index in [0.717, 1.165) is 10.1 Å². The van der Waals surface area contributed by atoms with Gasteiger partial charge in [-0.1, -0.05) is 30.3 Å². The van der Waals surface area contributed by atoms with Gasteiger partial charge < -0.3 is 14.0 Å². The van der Waals surface area contributed by atoms with Crippen LogP contribution in [0.4, 0.5) is 5.69 Å². The number of aromatic nitrogens is 3. The van der Waals surface area contributed by atoms with E-state index >= 15 is 0 Å². The van der Waals surface area contributed by atoms with E-state index in [0.29, 0.717) is 58.9 Å². The molecule has 2 aromatic heterocycles. The number of aryl methyl sites for hydroxylation is 2. The third kappa shape index (κ3) is 3.44. The molecule has 10 nitrogen and oxygen atoms in total. The Balaban J connectivity index is 1.92. The van der Waals surface area contributed by atoms with E-state index < -0.39 is 22.3 Å². The second-order valence-corrected chi connectivity index (χ2v) is 8.79. The predicted molar refractivity (Wildman–Crippen MR) is 135 cm³/mol. The van der Waals surface area contributed by atoms with Gasteiger partial charge in [-0.15, -0.1) is 0 Å². The van der Waals surface area contributed by atoms with Crippen molar-refractivity contribution in [3.63, 3.8) is 0 Å². The highest BCUT2D eigenvalue weighted by molar-refractivity contribution is 5.97. The topological polar surface area (TPSA) is 111 Å². The van der Waals surface area contributed by atoms with Crippen LogP contribution in [0, 0.1) is 17.0 Å². The van der Waals surface area contributed by atoms with Crippen LogP contribution in [-0.4, -0.2) is 31.8 Å². The molecule has 4 aromatic rings. The van der Waals surface area contributed by atoms with Gasteiger partial charge in [-0.2, -0.15) is 0 Å². The Labute approximate surface area is 206 Å². The minimum atomic E-state index is -0.615. The van der Waals surface area contributed by atoms with E-state index in [-0.39, 0.29) is 5.69 Å². The summed E-state index contributed by atoms with van der Waals surface area (Å²) in [7, 11) is 3.05. The van der Waals surface area contributed by atoms with Crippen molar-refractivity contribution in [1.82, 2.24) is 13.7 Å². The van der Waals surface area contributed by atoms with Crippen LogP contribution >= 0.6 is 0 Å². The van der Waals surface area contributed by atoms with Gasteiger partial charge in [-0.25, -0.2) is 4.79 Å². The van der Waals surface area contributed by atoms with Crippen molar-refractivity contribution in [2.24, 2.45) is 14.1 Å². The lowest BCUT2D eigenvalue weighted by Gasteiger charge is -2.28. The molecule has 0 saturated carbocycles. The van der Waals surface area contributed by atoms with Gasteiger partial charge in [-0.3, -0.25) is 24.0 Å².